The number of ether oxygens (including phenoxy) is 1. The van der Waals surface area contributed by atoms with Crippen molar-refractivity contribution in [1.82, 2.24) is 9.80 Å². The van der Waals surface area contributed by atoms with Crippen molar-refractivity contribution >= 4 is 5.91 Å². The molecule has 190 valence electrons. The van der Waals surface area contributed by atoms with Crippen molar-refractivity contribution in [3.8, 4) is 0 Å². The topological polar surface area (TPSA) is 32.8 Å². The van der Waals surface area contributed by atoms with Gasteiger partial charge >= 0.3 is 6.18 Å². The van der Waals surface area contributed by atoms with Crippen molar-refractivity contribution in [2.75, 3.05) is 39.4 Å². The molecule has 7 heteroatoms. The summed E-state index contributed by atoms with van der Waals surface area (Å²) in [6.45, 7) is 4.73. The van der Waals surface area contributed by atoms with Gasteiger partial charge in [0.05, 0.1) is 24.7 Å². The van der Waals surface area contributed by atoms with E-state index in [1.807, 2.05) is 60.7 Å². The summed E-state index contributed by atoms with van der Waals surface area (Å²) in [4.78, 5) is 18.2. The molecule has 0 aromatic heterocycles. The largest absolute Gasteiger partial charge is 0.416 e. The Morgan fingerprint density at radius 1 is 0.861 bits per heavy atom. The first-order valence-electron chi connectivity index (χ1n) is 12.3. The predicted molar refractivity (Wildman–Crippen MR) is 133 cm³/mol. The fraction of sp³-hybridized carbons (Fsp3) is 0.345. The fourth-order valence-electron chi connectivity index (χ4n) is 4.55. The number of carbonyl (C=O) groups is 1. The van der Waals surface area contributed by atoms with Crippen LogP contribution in [-0.4, -0.2) is 55.1 Å². The van der Waals surface area contributed by atoms with E-state index in [-0.39, 0.29) is 12.5 Å². The molecule has 0 radical (unpaired) electrons. The smallest absolute Gasteiger partial charge is 0.379 e. The van der Waals surface area contributed by atoms with Crippen LogP contribution < -0.4 is 0 Å². The zero-order chi connectivity index (χ0) is 25.4. The van der Waals surface area contributed by atoms with Crippen LogP contribution in [0.1, 0.15) is 34.6 Å². The summed E-state index contributed by atoms with van der Waals surface area (Å²) in [5.41, 5.74) is 1.75. The fourth-order valence-corrected chi connectivity index (χ4v) is 4.55. The maximum atomic E-state index is 14.1. The van der Waals surface area contributed by atoms with Crippen molar-refractivity contribution in [1.29, 1.82) is 0 Å². The van der Waals surface area contributed by atoms with Crippen molar-refractivity contribution in [2.24, 2.45) is 0 Å². The van der Waals surface area contributed by atoms with Crippen LogP contribution in [0.4, 0.5) is 13.2 Å². The Hall–Kier alpha value is -3.16. The number of hydrogen-bond acceptors (Lipinski definition) is 3. The highest BCUT2D eigenvalue weighted by Crippen LogP contribution is 2.30. The van der Waals surface area contributed by atoms with E-state index in [9.17, 15) is 18.0 Å². The number of benzene rings is 3. The third kappa shape index (κ3) is 6.95. The first-order chi connectivity index (χ1) is 17.4. The summed E-state index contributed by atoms with van der Waals surface area (Å²) in [7, 11) is 0. The van der Waals surface area contributed by atoms with E-state index in [0.717, 1.165) is 49.3 Å². The molecule has 0 spiro atoms. The molecule has 1 fully saturated rings. The van der Waals surface area contributed by atoms with Gasteiger partial charge in [-0.1, -0.05) is 72.8 Å². The van der Waals surface area contributed by atoms with E-state index in [4.69, 9.17) is 4.74 Å². The van der Waals surface area contributed by atoms with E-state index in [2.05, 4.69) is 4.90 Å². The number of hydrogen-bond donors (Lipinski definition) is 0. The molecule has 1 heterocycles. The molecule has 1 aliphatic rings. The molecule has 3 aromatic rings. The molecular formula is C29H31F3N2O2. The third-order valence-electron chi connectivity index (χ3n) is 6.49. The predicted octanol–water partition coefficient (Wildman–Crippen LogP) is 5.59. The van der Waals surface area contributed by atoms with Crippen molar-refractivity contribution in [2.45, 2.75) is 25.1 Å². The molecule has 0 bridgehead atoms. The van der Waals surface area contributed by atoms with Crippen LogP contribution in [0.5, 0.6) is 0 Å². The number of nitrogens with zero attached hydrogens (tertiary/aromatic N) is 2. The molecule has 1 amide bonds. The lowest BCUT2D eigenvalue weighted by Crippen LogP contribution is -2.40. The highest BCUT2D eigenvalue weighted by Gasteiger charge is 2.31. The first-order valence-corrected chi connectivity index (χ1v) is 12.3. The van der Waals surface area contributed by atoms with Gasteiger partial charge in [-0.2, -0.15) is 13.2 Å². The summed E-state index contributed by atoms with van der Waals surface area (Å²) >= 11 is 0. The average Bonchev–Trinajstić information content (AvgIpc) is 2.90. The van der Waals surface area contributed by atoms with Crippen molar-refractivity contribution in [3.05, 3.63) is 107 Å². The zero-order valence-corrected chi connectivity index (χ0v) is 20.2. The first kappa shape index (κ1) is 25.9. The Bertz CT molecular complexity index is 1040. The standard InChI is InChI=1S/C29H31F3N2O2/c30-29(31,32)26-14-12-23(13-15-26)22-34(17-7-16-33-18-20-36-21-19-33)28(35)27(24-8-3-1-4-9-24)25-10-5-2-6-11-25/h1-6,8-15,27H,7,16-22H2. The van der Waals surface area contributed by atoms with E-state index < -0.39 is 17.7 Å². The molecule has 0 aliphatic carbocycles. The highest BCUT2D eigenvalue weighted by atomic mass is 19.4. The van der Waals surface area contributed by atoms with Gasteiger partial charge in [-0.05, 0) is 35.2 Å². The summed E-state index contributed by atoms with van der Waals surface area (Å²) in [5, 5.41) is 0. The lowest BCUT2D eigenvalue weighted by Gasteiger charge is -2.30. The third-order valence-corrected chi connectivity index (χ3v) is 6.49. The minimum atomic E-state index is -4.39. The maximum absolute atomic E-state index is 14.1. The van der Waals surface area contributed by atoms with Gasteiger partial charge in [0.25, 0.3) is 0 Å². The molecule has 0 N–H and O–H groups in total. The van der Waals surface area contributed by atoms with Gasteiger partial charge in [0.15, 0.2) is 0 Å². The number of carbonyl (C=O) groups excluding carboxylic acids is 1. The van der Waals surface area contributed by atoms with Gasteiger partial charge in [-0.3, -0.25) is 9.69 Å². The second-order valence-corrected chi connectivity index (χ2v) is 9.02. The second-order valence-electron chi connectivity index (χ2n) is 9.02. The molecular weight excluding hydrogens is 465 g/mol. The monoisotopic (exact) mass is 496 g/mol. The molecule has 0 atom stereocenters. The Morgan fingerprint density at radius 2 is 1.42 bits per heavy atom. The second kappa shape index (κ2) is 12.2. The molecule has 1 saturated heterocycles. The van der Waals surface area contributed by atoms with Gasteiger partial charge in [-0.25, -0.2) is 0 Å². The summed E-state index contributed by atoms with van der Waals surface area (Å²) in [6.07, 6.45) is -3.62. The number of rotatable bonds is 9. The Labute approximate surface area is 210 Å². The van der Waals surface area contributed by atoms with Crippen LogP contribution in [0, 0.1) is 0 Å². The normalized spacial score (nSPS) is 14.7. The number of amides is 1. The van der Waals surface area contributed by atoms with Gasteiger partial charge in [0.1, 0.15) is 0 Å². The van der Waals surface area contributed by atoms with E-state index in [1.165, 1.54) is 12.1 Å². The Morgan fingerprint density at radius 3 is 1.94 bits per heavy atom. The van der Waals surface area contributed by atoms with Crippen molar-refractivity contribution in [3.63, 3.8) is 0 Å². The van der Waals surface area contributed by atoms with E-state index in [1.54, 1.807) is 4.90 Å². The molecule has 4 rings (SSSR count). The molecule has 0 saturated carbocycles. The van der Waals surface area contributed by atoms with Gasteiger partial charge in [-0.15, -0.1) is 0 Å². The van der Waals surface area contributed by atoms with Crippen LogP contribution in [0.2, 0.25) is 0 Å². The van der Waals surface area contributed by atoms with Gasteiger partial charge in [0.2, 0.25) is 5.91 Å². The highest BCUT2D eigenvalue weighted by molar-refractivity contribution is 5.87. The van der Waals surface area contributed by atoms with Crippen LogP contribution in [0.15, 0.2) is 84.9 Å². The molecule has 4 nitrogen and oxygen atoms in total. The maximum Gasteiger partial charge on any atom is 0.416 e. The van der Waals surface area contributed by atoms with Crippen molar-refractivity contribution < 1.29 is 22.7 Å². The van der Waals surface area contributed by atoms with E-state index in [0.29, 0.717) is 25.3 Å². The average molecular weight is 497 g/mol. The lowest BCUT2D eigenvalue weighted by atomic mass is 9.89. The summed E-state index contributed by atoms with van der Waals surface area (Å²) in [6, 6.07) is 24.4. The number of alkyl halides is 3. The van der Waals surface area contributed by atoms with Crippen LogP contribution in [-0.2, 0) is 22.3 Å². The zero-order valence-electron chi connectivity index (χ0n) is 20.2. The molecule has 3 aromatic carbocycles. The Kier molecular flexibility index (Phi) is 8.78. The minimum absolute atomic E-state index is 0.0609. The Balaban J connectivity index is 1.58. The summed E-state index contributed by atoms with van der Waals surface area (Å²) in [5.74, 6) is -0.556. The minimum Gasteiger partial charge on any atom is -0.379 e. The molecule has 1 aliphatic heterocycles. The van der Waals surface area contributed by atoms with E-state index >= 15 is 0 Å². The molecule has 0 unspecified atom stereocenters. The lowest BCUT2D eigenvalue weighted by molar-refractivity contribution is -0.137. The molecule has 36 heavy (non-hydrogen) atoms. The number of morpholine rings is 1. The summed E-state index contributed by atoms with van der Waals surface area (Å²) < 4.78 is 44.6. The van der Waals surface area contributed by atoms with Gasteiger partial charge < -0.3 is 9.64 Å². The van der Waals surface area contributed by atoms with Crippen LogP contribution >= 0.6 is 0 Å². The number of halogens is 3. The van der Waals surface area contributed by atoms with Crippen LogP contribution in [0.25, 0.3) is 0 Å². The SMILES string of the molecule is O=C(C(c1ccccc1)c1ccccc1)N(CCCN1CCOCC1)Cc1ccc(C(F)(F)F)cc1. The van der Waals surface area contributed by atoms with Crippen LogP contribution in [0.3, 0.4) is 0 Å². The quantitative estimate of drug-likeness (QED) is 0.387. The van der Waals surface area contributed by atoms with Gasteiger partial charge in [0, 0.05) is 32.7 Å².